The van der Waals surface area contributed by atoms with Crippen molar-refractivity contribution in [3.8, 4) is 11.3 Å². The molecule has 6 heteroatoms. The molecule has 2 heterocycles. The summed E-state index contributed by atoms with van der Waals surface area (Å²) in [5.41, 5.74) is 4.05. The fourth-order valence-corrected chi connectivity index (χ4v) is 3.19. The molecule has 0 unspecified atom stereocenters. The van der Waals surface area contributed by atoms with Crippen LogP contribution in [0, 0.1) is 6.92 Å². The van der Waals surface area contributed by atoms with E-state index in [1.165, 1.54) is 11.5 Å². The second-order valence-electron chi connectivity index (χ2n) is 5.04. The van der Waals surface area contributed by atoms with Crippen molar-refractivity contribution in [1.29, 1.82) is 0 Å². The van der Waals surface area contributed by atoms with Crippen molar-refractivity contribution in [2.24, 2.45) is 7.05 Å². The monoisotopic (exact) mass is 291 g/mol. The van der Waals surface area contributed by atoms with Crippen LogP contribution >= 0.6 is 11.5 Å². The van der Waals surface area contributed by atoms with Gasteiger partial charge in [-0.1, -0.05) is 0 Å². The Morgan fingerprint density at radius 3 is 2.85 bits per heavy atom. The number of hydrogen-bond donors (Lipinski definition) is 0. The molecule has 0 aromatic carbocycles. The molecular weight excluding hydrogens is 274 g/mol. The van der Waals surface area contributed by atoms with E-state index >= 15 is 0 Å². The molecule has 0 aliphatic heterocycles. The van der Waals surface area contributed by atoms with Gasteiger partial charge in [0, 0.05) is 23.9 Å². The average molecular weight is 291 g/mol. The van der Waals surface area contributed by atoms with Crippen molar-refractivity contribution in [3.05, 3.63) is 22.3 Å². The maximum atomic E-state index is 12.1. The fourth-order valence-electron chi connectivity index (χ4n) is 2.32. The zero-order chi connectivity index (χ0) is 14.3. The molecule has 0 saturated heterocycles. The van der Waals surface area contributed by atoms with Crippen molar-refractivity contribution in [3.63, 3.8) is 0 Å². The minimum Gasteiger partial charge on any atom is -0.462 e. The molecule has 0 atom stereocenters. The lowest BCUT2D eigenvalue weighted by atomic mass is 10.0. The molecule has 1 aliphatic carbocycles. The van der Waals surface area contributed by atoms with Crippen molar-refractivity contribution >= 4 is 17.5 Å². The second-order valence-corrected chi connectivity index (χ2v) is 5.81. The molecule has 2 aromatic heterocycles. The number of ether oxygens (including phenoxy) is 1. The number of nitrogens with zero attached hydrogens (tertiary/aromatic N) is 3. The molecule has 20 heavy (non-hydrogen) atoms. The number of aromatic nitrogens is 3. The molecule has 5 nitrogen and oxygen atoms in total. The molecule has 1 aliphatic rings. The van der Waals surface area contributed by atoms with Crippen LogP contribution in [0.5, 0.6) is 0 Å². The van der Waals surface area contributed by atoms with Gasteiger partial charge < -0.3 is 4.74 Å². The van der Waals surface area contributed by atoms with E-state index in [0.717, 1.165) is 35.4 Å². The molecule has 0 spiro atoms. The van der Waals surface area contributed by atoms with E-state index in [-0.39, 0.29) is 5.97 Å². The largest absolute Gasteiger partial charge is 0.462 e. The van der Waals surface area contributed by atoms with Gasteiger partial charge in [-0.15, -0.1) is 0 Å². The quantitative estimate of drug-likeness (QED) is 0.813. The summed E-state index contributed by atoms with van der Waals surface area (Å²) in [7, 11) is 1.91. The maximum Gasteiger partial charge on any atom is 0.350 e. The molecule has 0 N–H and O–H groups in total. The van der Waals surface area contributed by atoms with Crippen molar-refractivity contribution in [1.82, 2.24) is 14.2 Å². The predicted octanol–water partition coefficient (Wildman–Crippen LogP) is 2.91. The Kier molecular flexibility index (Phi) is 3.33. The molecule has 0 amide bonds. The van der Waals surface area contributed by atoms with E-state index in [2.05, 4.69) is 9.47 Å². The van der Waals surface area contributed by atoms with E-state index in [0.29, 0.717) is 17.4 Å². The smallest absolute Gasteiger partial charge is 0.350 e. The van der Waals surface area contributed by atoms with Gasteiger partial charge in [0.05, 0.1) is 18.5 Å². The first-order chi connectivity index (χ1) is 9.63. The number of esters is 1. The van der Waals surface area contributed by atoms with Crippen molar-refractivity contribution < 1.29 is 9.53 Å². The number of carbonyl (C=O) groups is 1. The summed E-state index contributed by atoms with van der Waals surface area (Å²) in [5.74, 6) is 0.197. The van der Waals surface area contributed by atoms with Gasteiger partial charge in [0.15, 0.2) is 0 Å². The third-order valence-corrected chi connectivity index (χ3v) is 4.51. The van der Waals surface area contributed by atoms with E-state index < -0.39 is 0 Å². The molecule has 3 rings (SSSR count). The fraction of sp³-hybridized carbons (Fsp3) is 0.500. The van der Waals surface area contributed by atoms with Gasteiger partial charge in [-0.3, -0.25) is 4.68 Å². The van der Waals surface area contributed by atoms with E-state index in [4.69, 9.17) is 4.74 Å². The van der Waals surface area contributed by atoms with Gasteiger partial charge in [-0.05, 0) is 44.1 Å². The molecular formula is C14H17N3O2S. The normalized spacial score (nSPS) is 14.6. The Hall–Kier alpha value is -1.69. The van der Waals surface area contributed by atoms with Crippen LogP contribution in [0.4, 0.5) is 0 Å². The summed E-state index contributed by atoms with van der Waals surface area (Å²) >= 11 is 1.24. The first-order valence-corrected chi connectivity index (χ1v) is 7.56. The van der Waals surface area contributed by atoms with E-state index in [9.17, 15) is 4.79 Å². The van der Waals surface area contributed by atoms with E-state index in [1.54, 1.807) is 0 Å². The first kappa shape index (κ1) is 13.3. The standard InChI is InChI=1S/C14H17N3O2S/c1-4-19-14(18)13-11(9-5-6-9)12(16-20-13)10-7-15-17(3)8(10)2/h7,9H,4-6H2,1-3H3. The highest BCUT2D eigenvalue weighted by Gasteiger charge is 2.35. The summed E-state index contributed by atoms with van der Waals surface area (Å²) in [6.07, 6.45) is 4.07. The highest BCUT2D eigenvalue weighted by atomic mass is 32.1. The molecule has 0 bridgehead atoms. The van der Waals surface area contributed by atoms with Crippen LogP contribution in [0.15, 0.2) is 6.20 Å². The molecule has 106 valence electrons. The lowest BCUT2D eigenvalue weighted by molar-refractivity contribution is 0.0531. The third kappa shape index (κ3) is 2.14. The SMILES string of the molecule is CCOC(=O)c1snc(-c2cnn(C)c2C)c1C1CC1. The van der Waals surface area contributed by atoms with Crippen LogP contribution < -0.4 is 0 Å². The third-order valence-electron chi connectivity index (χ3n) is 3.66. The summed E-state index contributed by atoms with van der Waals surface area (Å²) in [6, 6.07) is 0. The van der Waals surface area contributed by atoms with Crippen LogP contribution in [-0.4, -0.2) is 26.7 Å². The summed E-state index contributed by atoms with van der Waals surface area (Å²) in [5, 5.41) is 4.27. The van der Waals surface area contributed by atoms with Gasteiger partial charge in [-0.25, -0.2) is 4.79 Å². The highest BCUT2D eigenvalue weighted by molar-refractivity contribution is 7.08. The number of rotatable bonds is 4. The zero-order valence-corrected chi connectivity index (χ0v) is 12.7. The summed E-state index contributed by atoms with van der Waals surface area (Å²) < 4.78 is 11.5. The Balaban J connectivity index is 2.08. The van der Waals surface area contributed by atoms with Crippen LogP contribution in [0.3, 0.4) is 0 Å². The Bertz CT molecular complexity index is 655. The van der Waals surface area contributed by atoms with Gasteiger partial charge in [0.25, 0.3) is 0 Å². The van der Waals surface area contributed by atoms with Crippen molar-refractivity contribution in [2.75, 3.05) is 6.61 Å². The minimum absolute atomic E-state index is 0.250. The maximum absolute atomic E-state index is 12.1. The molecule has 1 saturated carbocycles. The molecule has 1 fully saturated rings. The van der Waals surface area contributed by atoms with Gasteiger partial charge in [0.2, 0.25) is 0 Å². The second kappa shape index (κ2) is 5.01. The van der Waals surface area contributed by atoms with Gasteiger partial charge in [0.1, 0.15) is 4.88 Å². The predicted molar refractivity (Wildman–Crippen MR) is 77.0 cm³/mol. The summed E-state index contributed by atoms with van der Waals surface area (Å²) in [4.78, 5) is 12.7. The molecule has 2 aromatic rings. The highest BCUT2D eigenvalue weighted by Crippen LogP contribution is 2.47. The van der Waals surface area contributed by atoms with Gasteiger partial charge in [-0.2, -0.15) is 9.47 Å². The lowest BCUT2D eigenvalue weighted by Gasteiger charge is -2.04. The Morgan fingerprint density at radius 1 is 1.55 bits per heavy atom. The van der Waals surface area contributed by atoms with Crippen LogP contribution in [-0.2, 0) is 11.8 Å². The van der Waals surface area contributed by atoms with E-state index in [1.807, 2.05) is 31.8 Å². The Labute approximate surface area is 121 Å². The van der Waals surface area contributed by atoms with Crippen LogP contribution in [0.25, 0.3) is 11.3 Å². The lowest BCUT2D eigenvalue weighted by Crippen LogP contribution is -2.05. The average Bonchev–Trinajstić information content (AvgIpc) is 3.09. The van der Waals surface area contributed by atoms with Crippen LogP contribution in [0.2, 0.25) is 0 Å². The topological polar surface area (TPSA) is 57.0 Å². The zero-order valence-electron chi connectivity index (χ0n) is 11.8. The van der Waals surface area contributed by atoms with Crippen molar-refractivity contribution in [2.45, 2.75) is 32.6 Å². The first-order valence-electron chi connectivity index (χ1n) is 6.79. The number of aryl methyl sites for hydroxylation is 1. The Morgan fingerprint density at radius 2 is 2.30 bits per heavy atom. The number of hydrogen-bond acceptors (Lipinski definition) is 5. The minimum atomic E-state index is -0.250. The van der Waals surface area contributed by atoms with Crippen LogP contribution in [0.1, 0.15) is 46.6 Å². The molecule has 0 radical (unpaired) electrons. The number of carbonyl (C=O) groups excluding carboxylic acids is 1. The summed E-state index contributed by atoms with van der Waals surface area (Å²) in [6.45, 7) is 4.23. The van der Waals surface area contributed by atoms with Gasteiger partial charge >= 0.3 is 5.97 Å².